The largest absolute Gasteiger partial charge is 0.467 e. The van der Waals surface area contributed by atoms with Crippen molar-refractivity contribution < 1.29 is 14.5 Å². The molecular formula is C12H15ClN4O4. The molecule has 1 aromatic rings. The summed E-state index contributed by atoms with van der Waals surface area (Å²) in [5.41, 5.74) is -1.20. The Morgan fingerprint density at radius 1 is 1.57 bits per heavy atom. The predicted octanol–water partition coefficient (Wildman–Crippen LogP) is 1.96. The fourth-order valence-electron chi connectivity index (χ4n) is 2.45. The van der Waals surface area contributed by atoms with Crippen molar-refractivity contribution in [1.82, 2.24) is 9.97 Å². The first-order chi connectivity index (χ1) is 9.83. The van der Waals surface area contributed by atoms with E-state index in [4.69, 9.17) is 16.3 Å². The van der Waals surface area contributed by atoms with E-state index in [0.717, 1.165) is 6.20 Å². The Kier molecular flexibility index (Phi) is 3.99. The number of carbonyl (C=O) groups is 1. The van der Waals surface area contributed by atoms with E-state index >= 15 is 0 Å². The summed E-state index contributed by atoms with van der Waals surface area (Å²) in [7, 11) is 1.29. The van der Waals surface area contributed by atoms with E-state index in [0.29, 0.717) is 12.8 Å². The van der Waals surface area contributed by atoms with Crippen LogP contribution in [0.15, 0.2) is 6.20 Å². The lowest BCUT2D eigenvalue weighted by atomic mass is 10.1. The van der Waals surface area contributed by atoms with Gasteiger partial charge in [0.2, 0.25) is 11.1 Å². The van der Waals surface area contributed by atoms with Crippen LogP contribution in [0.3, 0.4) is 0 Å². The predicted molar refractivity (Wildman–Crippen MR) is 75.3 cm³/mol. The molecule has 0 bridgehead atoms. The van der Waals surface area contributed by atoms with Crippen LogP contribution in [0.4, 0.5) is 11.5 Å². The molecule has 0 N–H and O–H groups in total. The fraction of sp³-hybridized carbons (Fsp3) is 0.583. The van der Waals surface area contributed by atoms with E-state index in [1.807, 2.05) is 13.8 Å². The lowest BCUT2D eigenvalue weighted by molar-refractivity contribution is -0.384. The van der Waals surface area contributed by atoms with Gasteiger partial charge < -0.3 is 9.64 Å². The van der Waals surface area contributed by atoms with Crippen molar-refractivity contribution >= 4 is 29.1 Å². The van der Waals surface area contributed by atoms with Crippen LogP contribution in [0.5, 0.6) is 0 Å². The Hall–Kier alpha value is -1.96. The molecule has 0 spiro atoms. The Morgan fingerprint density at radius 2 is 2.19 bits per heavy atom. The molecule has 8 nitrogen and oxygen atoms in total. The normalized spacial score (nSPS) is 15.7. The SMILES string of the molecule is COC(=O)C1(N(c2nc(Cl)ncc2[N+](=O)[O-])C(C)C)CC1. The van der Waals surface area contributed by atoms with Crippen LogP contribution in [-0.4, -0.2) is 39.6 Å². The summed E-state index contributed by atoms with van der Waals surface area (Å²) in [6.07, 6.45) is 2.15. The minimum atomic E-state index is -0.911. The number of esters is 1. The van der Waals surface area contributed by atoms with Gasteiger partial charge >= 0.3 is 11.7 Å². The third-order valence-electron chi connectivity index (χ3n) is 3.41. The Balaban J connectivity index is 2.57. The number of carbonyl (C=O) groups excluding carboxylic acids is 1. The highest BCUT2D eigenvalue weighted by Crippen LogP contribution is 2.47. The number of hydrogen-bond donors (Lipinski definition) is 0. The van der Waals surface area contributed by atoms with Gasteiger partial charge in [-0.05, 0) is 38.3 Å². The van der Waals surface area contributed by atoms with Crippen LogP contribution in [-0.2, 0) is 9.53 Å². The molecule has 0 atom stereocenters. The molecule has 0 unspecified atom stereocenters. The third kappa shape index (κ3) is 2.63. The molecule has 0 aromatic carbocycles. The minimum absolute atomic E-state index is 0.0397. The number of hydrogen-bond acceptors (Lipinski definition) is 7. The lowest BCUT2D eigenvalue weighted by Gasteiger charge is -2.34. The van der Waals surface area contributed by atoms with Crippen molar-refractivity contribution in [2.24, 2.45) is 0 Å². The summed E-state index contributed by atoms with van der Waals surface area (Å²) >= 11 is 5.77. The molecule has 1 aliphatic carbocycles. The number of nitro groups is 1. The second kappa shape index (κ2) is 5.44. The molecule has 0 aliphatic heterocycles. The molecule has 0 radical (unpaired) electrons. The highest BCUT2D eigenvalue weighted by molar-refractivity contribution is 6.28. The van der Waals surface area contributed by atoms with Crippen LogP contribution in [0, 0.1) is 10.1 Å². The van der Waals surface area contributed by atoms with Crippen LogP contribution >= 0.6 is 11.6 Å². The molecule has 1 saturated carbocycles. The number of ether oxygens (including phenoxy) is 1. The van der Waals surface area contributed by atoms with E-state index in [1.54, 1.807) is 4.90 Å². The molecule has 1 aliphatic rings. The molecular weight excluding hydrogens is 300 g/mol. The molecule has 1 fully saturated rings. The first kappa shape index (κ1) is 15.4. The van der Waals surface area contributed by atoms with Gasteiger partial charge in [0.05, 0.1) is 12.0 Å². The zero-order valence-electron chi connectivity index (χ0n) is 11.9. The topological polar surface area (TPSA) is 98.5 Å². The van der Waals surface area contributed by atoms with Crippen molar-refractivity contribution in [2.75, 3.05) is 12.0 Å². The van der Waals surface area contributed by atoms with Crippen molar-refractivity contribution in [3.05, 3.63) is 21.6 Å². The number of halogens is 1. The average molecular weight is 315 g/mol. The van der Waals surface area contributed by atoms with Gasteiger partial charge in [0.1, 0.15) is 11.7 Å². The van der Waals surface area contributed by atoms with Crippen molar-refractivity contribution in [3.8, 4) is 0 Å². The highest BCUT2D eigenvalue weighted by atomic mass is 35.5. The van der Waals surface area contributed by atoms with Crippen LogP contribution in [0.1, 0.15) is 26.7 Å². The van der Waals surface area contributed by atoms with E-state index in [1.165, 1.54) is 7.11 Å². The molecule has 0 saturated heterocycles. The maximum Gasteiger partial charge on any atom is 0.331 e. The first-order valence-corrected chi connectivity index (χ1v) is 6.76. The minimum Gasteiger partial charge on any atom is -0.467 e. The summed E-state index contributed by atoms with van der Waals surface area (Å²) in [4.78, 5) is 31.9. The molecule has 0 amide bonds. The molecule has 1 heterocycles. The number of rotatable bonds is 5. The molecule has 21 heavy (non-hydrogen) atoms. The highest BCUT2D eigenvalue weighted by Gasteiger charge is 2.58. The van der Waals surface area contributed by atoms with E-state index < -0.39 is 16.4 Å². The standard InChI is InChI=1S/C12H15ClN4O4/c1-7(2)16(12(4-5-12)10(18)21-3)9-8(17(19)20)6-14-11(13)15-9/h6-7H,4-5H2,1-3H3. The summed E-state index contributed by atoms with van der Waals surface area (Å²) < 4.78 is 4.83. The van der Waals surface area contributed by atoms with Crippen LogP contribution in [0.2, 0.25) is 5.28 Å². The molecule has 1 aromatic heterocycles. The summed E-state index contributed by atoms with van der Waals surface area (Å²) in [6.45, 7) is 3.64. The van der Waals surface area contributed by atoms with Gasteiger partial charge in [-0.15, -0.1) is 0 Å². The van der Waals surface area contributed by atoms with Gasteiger partial charge in [0.15, 0.2) is 0 Å². The summed E-state index contributed by atoms with van der Waals surface area (Å²) in [5.74, 6) is -0.391. The van der Waals surface area contributed by atoms with Crippen LogP contribution < -0.4 is 4.90 Å². The summed E-state index contributed by atoms with van der Waals surface area (Å²) in [6, 6.07) is -0.198. The van der Waals surface area contributed by atoms with Gasteiger partial charge in [-0.2, -0.15) is 4.98 Å². The lowest BCUT2D eigenvalue weighted by Crippen LogP contribution is -2.49. The van der Waals surface area contributed by atoms with Crippen molar-refractivity contribution in [1.29, 1.82) is 0 Å². The Morgan fingerprint density at radius 3 is 2.62 bits per heavy atom. The Labute approximate surface area is 126 Å². The van der Waals surface area contributed by atoms with E-state index in [-0.39, 0.29) is 22.8 Å². The average Bonchev–Trinajstić information content (AvgIpc) is 3.18. The van der Waals surface area contributed by atoms with Crippen molar-refractivity contribution in [3.63, 3.8) is 0 Å². The second-order valence-corrected chi connectivity index (χ2v) is 5.43. The van der Waals surface area contributed by atoms with Gasteiger partial charge in [-0.3, -0.25) is 10.1 Å². The number of anilines is 1. The van der Waals surface area contributed by atoms with Gasteiger partial charge in [-0.25, -0.2) is 9.78 Å². The molecule has 2 rings (SSSR count). The maximum absolute atomic E-state index is 12.1. The number of methoxy groups -OCH3 is 1. The van der Waals surface area contributed by atoms with E-state index in [2.05, 4.69) is 9.97 Å². The monoisotopic (exact) mass is 314 g/mol. The smallest absolute Gasteiger partial charge is 0.331 e. The summed E-state index contributed by atoms with van der Waals surface area (Å²) in [5, 5.41) is 11.1. The fourth-order valence-corrected chi connectivity index (χ4v) is 2.57. The van der Waals surface area contributed by atoms with Gasteiger partial charge in [0.25, 0.3) is 0 Å². The third-order valence-corrected chi connectivity index (χ3v) is 3.59. The zero-order valence-corrected chi connectivity index (χ0v) is 12.6. The van der Waals surface area contributed by atoms with E-state index in [9.17, 15) is 14.9 Å². The number of nitrogens with zero attached hydrogens (tertiary/aromatic N) is 4. The Bertz CT molecular complexity index is 589. The van der Waals surface area contributed by atoms with Crippen molar-refractivity contribution in [2.45, 2.75) is 38.3 Å². The van der Waals surface area contributed by atoms with Crippen LogP contribution in [0.25, 0.3) is 0 Å². The van der Waals surface area contributed by atoms with Gasteiger partial charge in [0, 0.05) is 6.04 Å². The zero-order chi connectivity index (χ0) is 15.8. The van der Waals surface area contributed by atoms with Gasteiger partial charge in [-0.1, -0.05) is 0 Å². The first-order valence-electron chi connectivity index (χ1n) is 6.38. The molecule has 114 valence electrons. The second-order valence-electron chi connectivity index (χ2n) is 5.09. The number of aromatic nitrogens is 2. The quantitative estimate of drug-likeness (QED) is 0.354. The maximum atomic E-state index is 12.1. The molecule has 9 heteroatoms.